The second kappa shape index (κ2) is 23.1. The summed E-state index contributed by atoms with van der Waals surface area (Å²) in [5.41, 5.74) is 0. The Kier molecular flexibility index (Phi) is 21.6. The zero-order valence-corrected chi connectivity index (χ0v) is 21.9. The average molecular weight is 437 g/mol. The van der Waals surface area contributed by atoms with Gasteiger partial charge in [0.1, 0.15) is 0 Å². The fourth-order valence-corrected chi connectivity index (χ4v) is 5.10. The maximum atomic E-state index is 5.62. The smallest absolute Gasteiger partial charge is 0.0841 e. The molecule has 0 N–H and O–H groups in total. The molecule has 0 aliphatic carbocycles. The summed E-state index contributed by atoms with van der Waals surface area (Å²) >= 11 is 0. The van der Waals surface area contributed by atoms with E-state index in [1.54, 1.807) is 0 Å². The Morgan fingerprint density at radius 3 is 0.903 bits per heavy atom. The van der Waals surface area contributed by atoms with E-state index >= 15 is 0 Å². The maximum Gasteiger partial charge on any atom is 0.0841 e. The molecule has 1 nitrogen and oxygen atoms in total. The first kappa shape index (κ1) is 29.0. The van der Waals surface area contributed by atoms with E-state index in [2.05, 4.69) is 13.8 Å². The molecule has 1 aliphatic rings. The SMILES string of the molecule is CCCCCCCCCCCCCCCCCCCCCCCCCCC1OC1CC. The van der Waals surface area contributed by atoms with Gasteiger partial charge in [-0.25, -0.2) is 0 Å². The van der Waals surface area contributed by atoms with Crippen molar-refractivity contribution in [1.29, 1.82) is 0 Å². The van der Waals surface area contributed by atoms with Gasteiger partial charge in [-0.2, -0.15) is 0 Å². The van der Waals surface area contributed by atoms with Crippen LogP contribution < -0.4 is 0 Å². The van der Waals surface area contributed by atoms with Crippen molar-refractivity contribution >= 4 is 0 Å². The lowest BCUT2D eigenvalue weighted by Gasteiger charge is -2.04. The molecular weight excluding hydrogens is 376 g/mol. The molecule has 0 amide bonds. The third kappa shape index (κ3) is 20.3. The van der Waals surface area contributed by atoms with Gasteiger partial charge in [-0.1, -0.05) is 168 Å². The molecule has 1 aliphatic heterocycles. The Labute approximate surface area is 197 Å². The molecule has 1 heteroatoms. The molecule has 0 aromatic carbocycles. The zero-order valence-electron chi connectivity index (χ0n) is 21.9. The van der Waals surface area contributed by atoms with E-state index in [1.165, 1.54) is 167 Å². The van der Waals surface area contributed by atoms with Crippen LogP contribution in [0.1, 0.15) is 181 Å². The predicted octanol–water partition coefficient (Wildman–Crippen LogP) is 10.9. The molecule has 0 saturated carbocycles. The molecule has 186 valence electrons. The number of epoxide rings is 1. The van der Waals surface area contributed by atoms with Crippen molar-refractivity contribution in [1.82, 2.24) is 0 Å². The third-order valence-electron chi connectivity index (χ3n) is 7.43. The lowest BCUT2D eigenvalue weighted by Crippen LogP contribution is -1.92. The van der Waals surface area contributed by atoms with E-state index in [0.717, 1.165) is 0 Å². The number of ether oxygens (including phenoxy) is 1. The van der Waals surface area contributed by atoms with Gasteiger partial charge in [-0.15, -0.1) is 0 Å². The van der Waals surface area contributed by atoms with Crippen LogP contribution >= 0.6 is 0 Å². The molecule has 0 radical (unpaired) electrons. The number of hydrogen-bond acceptors (Lipinski definition) is 1. The first-order valence-electron chi connectivity index (χ1n) is 15.0. The van der Waals surface area contributed by atoms with Crippen LogP contribution in [0.3, 0.4) is 0 Å². The monoisotopic (exact) mass is 436 g/mol. The van der Waals surface area contributed by atoms with E-state index < -0.39 is 0 Å². The molecule has 1 fully saturated rings. The highest BCUT2D eigenvalue weighted by atomic mass is 16.6. The van der Waals surface area contributed by atoms with Crippen LogP contribution in [0.5, 0.6) is 0 Å². The van der Waals surface area contributed by atoms with Crippen LogP contribution in [0.4, 0.5) is 0 Å². The molecule has 1 saturated heterocycles. The molecule has 0 spiro atoms. The summed E-state index contributed by atoms with van der Waals surface area (Å²) in [7, 11) is 0. The summed E-state index contributed by atoms with van der Waals surface area (Å²) in [5, 5.41) is 0. The molecular formula is C30H60O. The van der Waals surface area contributed by atoms with Crippen LogP contribution in [-0.4, -0.2) is 12.2 Å². The minimum absolute atomic E-state index is 0.615. The Hall–Kier alpha value is -0.0400. The fraction of sp³-hybridized carbons (Fsp3) is 1.00. The quantitative estimate of drug-likeness (QED) is 0.0969. The number of rotatable bonds is 26. The molecule has 0 aromatic heterocycles. The van der Waals surface area contributed by atoms with Crippen LogP contribution in [0.15, 0.2) is 0 Å². The van der Waals surface area contributed by atoms with Crippen LogP contribution in [0.25, 0.3) is 0 Å². The van der Waals surface area contributed by atoms with E-state index in [9.17, 15) is 0 Å². The molecule has 1 rings (SSSR count). The van der Waals surface area contributed by atoms with E-state index in [4.69, 9.17) is 4.74 Å². The van der Waals surface area contributed by atoms with Crippen molar-refractivity contribution in [3.63, 3.8) is 0 Å². The Morgan fingerprint density at radius 2 is 0.645 bits per heavy atom. The first-order chi connectivity index (χ1) is 15.4. The van der Waals surface area contributed by atoms with E-state index in [1.807, 2.05) is 0 Å². The number of hydrogen-bond donors (Lipinski definition) is 0. The minimum atomic E-state index is 0.615. The largest absolute Gasteiger partial charge is 0.370 e. The van der Waals surface area contributed by atoms with Gasteiger partial charge in [0.2, 0.25) is 0 Å². The Bertz CT molecular complexity index is 339. The van der Waals surface area contributed by atoms with Crippen LogP contribution in [-0.2, 0) is 4.74 Å². The highest BCUT2D eigenvalue weighted by molar-refractivity contribution is 4.82. The predicted molar refractivity (Wildman–Crippen MR) is 140 cm³/mol. The van der Waals surface area contributed by atoms with Gasteiger partial charge in [0, 0.05) is 0 Å². The minimum Gasteiger partial charge on any atom is -0.370 e. The Morgan fingerprint density at radius 1 is 0.355 bits per heavy atom. The van der Waals surface area contributed by atoms with Crippen LogP contribution in [0, 0.1) is 0 Å². The van der Waals surface area contributed by atoms with Crippen molar-refractivity contribution in [3.05, 3.63) is 0 Å². The van der Waals surface area contributed by atoms with Gasteiger partial charge in [0.15, 0.2) is 0 Å². The maximum absolute atomic E-state index is 5.62. The summed E-state index contributed by atoms with van der Waals surface area (Å²) in [5.74, 6) is 0. The summed E-state index contributed by atoms with van der Waals surface area (Å²) in [6.45, 7) is 4.54. The van der Waals surface area contributed by atoms with Crippen molar-refractivity contribution in [2.75, 3.05) is 0 Å². The average Bonchev–Trinajstić information content (AvgIpc) is 3.55. The summed E-state index contributed by atoms with van der Waals surface area (Å²) < 4.78 is 5.62. The van der Waals surface area contributed by atoms with E-state index in [-0.39, 0.29) is 0 Å². The highest BCUT2D eigenvalue weighted by Gasteiger charge is 2.35. The summed E-state index contributed by atoms with van der Waals surface area (Å²) in [6.07, 6.45) is 39.0. The summed E-state index contributed by atoms with van der Waals surface area (Å²) in [6, 6.07) is 0. The molecule has 2 unspecified atom stereocenters. The van der Waals surface area contributed by atoms with Crippen LogP contribution in [0.2, 0.25) is 0 Å². The van der Waals surface area contributed by atoms with Gasteiger partial charge in [0.25, 0.3) is 0 Å². The van der Waals surface area contributed by atoms with Crippen molar-refractivity contribution in [2.24, 2.45) is 0 Å². The standard InChI is InChI=1S/C30H60O/c1-3-5-6-7-8-9-10-11-12-13-14-15-16-17-18-19-20-21-22-23-24-25-26-27-28-30-29(4-2)31-30/h29-30H,3-28H2,1-2H3. The molecule has 31 heavy (non-hydrogen) atoms. The fourth-order valence-electron chi connectivity index (χ4n) is 5.10. The summed E-state index contributed by atoms with van der Waals surface area (Å²) in [4.78, 5) is 0. The highest BCUT2D eigenvalue weighted by Crippen LogP contribution is 2.29. The van der Waals surface area contributed by atoms with E-state index in [0.29, 0.717) is 12.2 Å². The molecule has 1 heterocycles. The second-order valence-corrected chi connectivity index (χ2v) is 10.5. The lowest BCUT2D eigenvalue weighted by atomic mass is 10.0. The molecule has 2 atom stereocenters. The van der Waals surface area contributed by atoms with Gasteiger partial charge >= 0.3 is 0 Å². The first-order valence-corrected chi connectivity index (χ1v) is 15.0. The van der Waals surface area contributed by atoms with Gasteiger partial charge in [-0.05, 0) is 12.8 Å². The number of unbranched alkanes of at least 4 members (excludes halogenated alkanes) is 23. The van der Waals surface area contributed by atoms with Crippen molar-refractivity contribution in [3.8, 4) is 0 Å². The zero-order chi connectivity index (χ0) is 22.2. The third-order valence-corrected chi connectivity index (χ3v) is 7.43. The molecule has 0 bridgehead atoms. The topological polar surface area (TPSA) is 12.5 Å². The van der Waals surface area contributed by atoms with Crippen molar-refractivity contribution in [2.45, 2.75) is 193 Å². The van der Waals surface area contributed by atoms with Gasteiger partial charge < -0.3 is 4.74 Å². The van der Waals surface area contributed by atoms with Gasteiger partial charge in [-0.3, -0.25) is 0 Å². The second-order valence-electron chi connectivity index (χ2n) is 10.5. The normalized spacial score (nSPS) is 18.0. The Balaban J connectivity index is 1.60. The lowest BCUT2D eigenvalue weighted by molar-refractivity contribution is 0.355. The van der Waals surface area contributed by atoms with Crippen molar-refractivity contribution < 1.29 is 4.74 Å². The van der Waals surface area contributed by atoms with Gasteiger partial charge in [0.05, 0.1) is 12.2 Å². The molecule has 0 aromatic rings.